The fraction of sp³-hybridized carbons (Fsp3) is 0.227. The van der Waals surface area contributed by atoms with Gasteiger partial charge in [0.05, 0.1) is 10.4 Å². The van der Waals surface area contributed by atoms with Crippen molar-refractivity contribution in [2.45, 2.75) is 37.1 Å². The van der Waals surface area contributed by atoms with E-state index in [1.807, 2.05) is 13.8 Å². The molecule has 5 rings (SSSR count). The molecule has 2 heterocycles. The van der Waals surface area contributed by atoms with Crippen molar-refractivity contribution in [3.63, 3.8) is 0 Å². The molecule has 1 aliphatic carbocycles. The second kappa shape index (κ2) is 7.29. The molecule has 1 aliphatic rings. The highest BCUT2D eigenvalue weighted by Gasteiger charge is 2.41. The lowest BCUT2D eigenvalue weighted by molar-refractivity contribution is 0.104. The molecule has 0 bridgehead atoms. The topological polar surface area (TPSA) is 93.9 Å². The summed E-state index contributed by atoms with van der Waals surface area (Å²) in [5.74, 6) is -0.728. The molecule has 0 saturated heterocycles. The SMILES string of the molecule is Cc1nnc(-n2cc(C(=O)c3ccc(F)cc3)c3ccc(S(=O)(=O)NC4(C)CC4)cc32)s1. The molecule has 0 aliphatic heterocycles. The van der Waals surface area contributed by atoms with Gasteiger partial charge < -0.3 is 0 Å². The van der Waals surface area contributed by atoms with E-state index in [-0.39, 0.29) is 10.7 Å². The predicted molar refractivity (Wildman–Crippen MR) is 119 cm³/mol. The van der Waals surface area contributed by atoms with Crippen LogP contribution in [0.1, 0.15) is 40.7 Å². The van der Waals surface area contributed by atoms with Crippen molar-refractivity contribution >= 4 is 38.0 Å². The molecule has 164 valence electrons. The third-order valence-corrected chi connectivity index (χ3v) is 8.01. The van der Waals surface area contributed by atoms with Crippen LogP contribution in [0.4, 0.5) is 4.39 Å². The van der Waals surface area contributed by atoms with Crippen LogP contribution in [0.15, 0.2) is 53.6 Å². The Kier molecular flexibility index (Phi) is 4.77. The average molecular weight is 471 g/mol. The first-order valence-electron chi connectivity index (χ1n) is 9.95. The van der Waals surface area contributed by atoms with E-state index < -0.39 is 21.4 Å². The molecular formula is C22H19FN4O3S2. The van der Waals surface area contributed by atoms with Crippen LogP contribution in [-0.4, -0.2) is 34.5 Å². The van der Waals surface area contributed by atoms with E-state index in [4.69, 9.17) is 0 Å². The maximum atomic E-state index is 13.3. The lowest BCUT2D eigenvalue weighted by atomic mass is 10.0. The van der Waals surface area contributed by atoms with Crippen LogP contribution in [0, 0.1) is 12.7 Å². The van der Waals surface area contributed by atoms with Crippen LogP contribution in [0.5, 0.6) is 0 Å². The number of aryl methyl sites for hydroxylation is 1. The Morgan fingerprint density at radius 1 is 1.16 bits per heavy atom. The van der Waals surface area contributed by atoms with Gasteiger partial charge in [-0.15, -0.1) is 10.2 Å². The van der Waals surface area contributed by atoms with Crippen LogP contribution in [-0.2, 0) is 10.0 Å². The molecule has 4 aromatic rings. The van der Waals surface area contributed by atoms with Gasteiger partial charge >= 0.3 is 0 Å². The van der Waals surface area contributed by atoms with E-state index in [2.05, 4.69) is 14.9 Å². The van der Waals surface area contributed by atoms with E-state index in [0.29, 0.717) is 27.2 Å². The van der Waals surface area contributed by atoms with Gasteiger partial charge in [0.1, 0.15) is 10.8 Å². The van der Waals surface area contributed by atoms with Gasteiger partial charge in [-0.2, -0.15) is 0 Å². The van der Waals surface area contributed by atoms with Crippen molar-refractivity contribution in [3.8, 4) is 5.13 Å². The van der Waals surface area contributed by atoms with Crippen molar-refractivity contribution in [3.05, 3.63) is 70.6 Å². The molecule has 1 saturated carbocycles. The quantitative estimate of drug-likeness (QED) is 0.430. The van der Waals surface area contributed by atoms with E-state index in [1.165, 1.54) is 41.7 Å². The maximum absolute atomic E-state index is 13.3. The highest BCUT2D eigenvalue weighted by atomic mass is 32.2. The first-order valence-corrected chi connectivity index (χ1v) is 12.3. The molecule has 7 nitrogen and oxygen atoms in total. The summed E-state index contributed by atoms with van der Waals surface area (Å²) in [6, 6.07) is 9.98. The molecule has 0 spiro atoms. The van der Waals surface area contributed by atoms with Gasteiger partial charge in [-0.3, -0.25) is 9.36 Å². The molecule has 2 aromatic carbocycles. The number of sulfonamides is 1. The number of benzene rings is 2. The van der Waals surface area contributed by atoms with Crippen LogP contribution < -0.4 is 4.72 Å². The fourth-order valence-electron chi connectivity index (χ4n) is 3.53. The largest absolute Gasteiger partial charge is 0.290 e. The fourth-order valence-corrected chi connectivity index (χ4v) is 5.69. The smallest absolute Gasteiger partial charge is 0.241 e. The Hall–Kier alpha value is -2.95. The Balaban J connectivity index is 1.67. The number of hydrogen-bond donors (Lipinski definition) is 1. The summed E-state index contributed by atoms with van der Waals surface area (Å²) in [7, 11) is -3.73. The molecule has 0 amide bonds. The van der Waals surface area contributed by atoms with E-state index >= 15 is 0 Å². The third kappa shape index (κ3) is 3.74. The summed E-state index contributed by atoms with van der Waals surface area (Å²) < 4.78 is 43.6. The number of hydrogen-bond acceptors (Lipinski definition) is 6. The van der Waals surface area contributed by atoms with Gasteiger partial charge in [-0.25, -0.2) is 17.5 Å². The normalized spacial score (nSPS) is 15.2. The first-order chi connectivity index (χ1) is 15.2. The van der Waals surface area contributed by atoms with E-state index in [9.17, 15) is 17.6 Å². The number of fused-ring (bicyclic) bond motifs is 1. The Bertz CT molecular complexity index is 1470. The summed E-state index contributed by atoms with van der Waals surface area (Å²) in [5, 5.41) is 10.0. The number of nitrogens with one attached hydrogen (secondary N) is 1. The standard InChI is InChI=1S/C22H19FN4O3S2/c1-13-24-25-21(31-13)27-12-18(20(28)14-3-5-15(23)6-4-14)17-8-7-16(11-19(17)27)32(29,30)26-22(2)9-10-22/h3-8,11-12,26H,9-10H2,1-2H3. The highest BCUT2D eigenvalue weighted by Crippen LogP contribution is 2.36. The van der Waals surface area contributed by atoms with Crippen LogP contribution in [0.2, 0.25) is 0 Å². The minimum Gasteiger partial charge on any atom is -0.290 e. The van der Waals surface area contributed by atoms with Crippen LogP contribution in [0.3, 0.4) is 0 Å². The number of carbonyl (C=O) groups is 1. The molecule has 0 atom stereocenters. The molecule has 10 heteroatoms. The van der Waals surface area contributed by atoms with Crippen molar-refractivity contribution in [2.24, 2.45) is 0 Å². The number of carbonyl (C=O) groups excluding carboxylic acids is 1. The Morgan fingerprint density at radius 3 is 2.50 bits per heavy atom. The van der Waals surface area contributed by atoms with Crippen molar-refractivity contribution in [2.75, 3.05) is 0 Å². The van der Waals surface area contributed by atoms with Gasteiger partial charge in [-0.1, -0.05) is 17.4 Å². The summed E-state index contributed by atoms with van der Waals surface area (Å²) in [4.78, 5) is 13.3. The van der Waals surface area contributed by atoms with Crippen molar-refractivity contribution in [1.82, 2.24) is 19.5 Å². The molecule has 1 fully saturated rings. The highest BCUT2D eigenvalue weighted by molar-refractivity contribution is 7.89. The zero-order valence-electron chi connectivity index (χ0n) is 17.3. The lowest BCUT2D eigenvalue weighted by Gasteiger charge is -2.12. The summed E-state index contributed by atoms with van der Waals surface area (Å²) >= 11 is 1.33. The van der Waals surface area contributed by atoms with Crippen molar-refractivity contribution in [1.29, 1.82) is 0 Å². The molecule has 2 aromatic heterocycles. The second-order valence-electron chi connectivity index (χ2n) is 8.20. The van der Waals surface area contributed by atoms with Gasteiger partial charge in [-0.05, 0) is 63.1 Å². The van der Waals surface area contributed by atoms with Gasteiger partial charge in [0, 0.05) is 28.2 Å². The van der Waals surface area contributed by atoms with Crippen LogP contribution in [0.25, 0.3) is 16.0 Å². The van der Waals surface area contributed by atoms with Gasteiger partial charge in [0.15, 0.2) is 5.78 Å². The number of nitrogens with zero attached hydrogens (tertiary/aromatic N) is 3. The average Bonchev–Trinajstić information content (AvgIpc) is 3.14. The lowest BCUT2D eigenvalue weighted by Crippen LogP contribution is -2.34. The minimum absolute atomic E-state index is 0.111. The molecular weight excluding hydrogens is 451 g/mol. The zero-order chi connectivity index (χ0) is 22.7. The number of aromatic nitrogens is 3. The first kappa shape index (κ1) is 20.9. The van der Waals surface area contributed by atoms with Gasteiger partial charge in [0.2, 0.25) is 15.2 Å². The van der Waals surface area contributed by atoms with Crippen molar-refractivity contribution < 1.29 is 17.6 Å². The van der Waals surface area contributed by atoms with E-state index in [0.717, 1.165) is 17.8 Å². The summed E-state index contributed by atoms with van der Waals surface area (Å²) in [6.07, 6.45) is 3.22. The Morgan fingerprint density at radius 2 is 1.88 bits per heavy atom. The molecule has 0 radical (unpaired) electrons. The maximum Gasteiger partial charge on any atom is 0.241 e. The monoisotopic (exact) mass is 470 g/mol. The number of ketones is 1. The number of halogens is 1. The molecule has 1 N–H and O–H groups in total. The number of rotatable bonds is 6. The van der Waals surface area contributed by atoms with Gasteiger partial charge in [0.25, 0.3) is 0 Å². The van der Waals surface area contributed by atoms with Crippen LogP contribution >= 0.6 is 11.3 Å². The zero-order valence-corrected chi connectivity index (χ0v) is 18.9. The Labute approximate surface area is 188 Å². The third-order valence-electron chi connectivity index (χ3n) is 5.54. The summed E-state index contributed by atoms with van der Waals surface area (Å²) in [5.41, 5.74) is 0.815. The summed E-state index contributed by atoms with van der Waals surface area (Å²) in [6.45, 7) is 3.68. The second-order valence-corrected chi connectivity index (χ2v) is 11.0. The predicted octanol–water partition coefficient (Wildman–Crippen LogP) is 3.99. The molecule has 0 unspecified atom stereocenters. The molecule has 32 heavy (non-hydrogen) atoms. The minimum atomic E-state index is -3.73. The van der Waals surface area contributed by atoms with E-state index in [1.54, 1.807) is 22.9 Å².